The normalized spacial score (nSPS) is 12.4. The van der Waals surface area contributed by atoms with Gasteiger partial charge in [0.1, 0.15) is 0 Å². The summed E-state index contributed by atoms with van der Waals surface area (Å²) in [5.41, 5.74) is 2.55. The molecule has 0 unspecified atom stereocenters. The Labute approximate surface area is 191 Å². The van der Waals surface area contributed by atoms with Crippen LogP contribution in [0.2, 0.25) is 0 Å². The van der Waals surface area contributed by atoms with E-state index in [2.05, 4.69) is 34.9 Å². The summed E-state index contributed by atoms with van der Waals surface area (Å²) in [6, 6.07) is 9.78. The maximum Gasteiger partial charge on any atom is 0.280 e. The fourth-order valence-corrected chi connectivity index (χ4v) is 5.98. The third kappa shape index (κ3) is 3.79. The molecule has 5 rings (SSSR count). The van der Waals surface area contributed by atoms with Gasteiger partial charge in [-0.15, -0.1) is 16.4 Å². The number of aryl methyl sites for hydroxylation is 1. The number of thiophene rings is 1. The first kappa shape index (κ1) is 20.4. The number of hydrogen-bond acceptors (Lipinski definition) is 7. The lowest BCUT2D eigenvalue weighted by Gasteiger charge is -2.01. The van der Waals surface area contributed by atoms with Gasteiger partial charge in [-0.25, -0.2) is 9.97 Å². The van der Waals surface area contributed by atoms with Crippen LogP contribution in [0.5, 0.6) is 0 Å². The molecule has 0 atom stereocenters. The number of benzene rings is 1. The van der Waals surface area contributed by atoms with E-state index in [0.717, 1.165) is 50.3 Å². The molecular weight excluding hydrogens is 444 g/mol. The predicted molar refractivity (Wildman–Crippen MR) is 131 cm³/mol. The highest BCUT2D eigenvalue weighted by atomic mass is 32.2. The van der Waals surface area contributed by atoms with E-state index in [0.29, 0.717) is 16.2 Å². The fraction of sp³-hybridized carbons (Fsp3) is 0.217. The summed E-state index contributed by atoms with van der Waals surface area (Å²) in [5.74, 6) is 0.941. The SMILES string of the molecule is CCCCSc1nc2/c(=C\c3sc(C)nc3-c3ccsc3)c3ccccc3c(=O)n2n1. The largest absolute Gasteiger partial charge is 0.280 e. The quantitative estimate of drug-likeness (QED) is 0.256. The van der Waals surface area contributed by atoms with Crippen molar-refractivity contribution in [3.05, 3.63) is 66.5 Å². The minimum atomic E-state index is -0.129. The van der Waals surface area contributed by atoms with Crippen LogP contribution >= 0.6 is 34.4 Å². The molecule has 4 aromatic heterocycles. The number of rotatable bonds is 6. The smallest absolute Gasteiger partial charge is 0.267 e. The molecule has 0 spiro atoms. The Morgan fingerprint density at radius 3 is 2.77 bits per heavy atom. The zero-order valence-electron chi connectivity index (χ0n) is 17.2. The summed E-state index contributed by atoms with van der Waals surface area (Å²) in [5, 5.41) is 12.8. The summed E-state index contributed by atoms with van der Waals surface area (Å²) in [6.45, 7) is 4.18. The first-order valence-electron chi connectivity index (χ1n) is 10.1. The Hall–Kier alpha value is -2.55. The molecule has 0 N–H and O–H groups in total. The van der Waals surface area contributed by atoms with Gasteiger partial charge in [0.15, 0.2) is 5.65 Å². The van der Waals surface area contributed by atoms with Crippen molar-refractivity contribution in [2.45, 2.75) is 31.8 Å². The van der Waals surface area contributed by atoms with Crippen LogP contribution in [0.15, 0.2) is 51.0 Å². The molecule has 1 aromatic carbocycles. The van der Waals surface area contributed by atoms with Crippen molar-refractivity contribution in [3.8, 4) is 11.3 Å². The first-order chi connectivity index (χ1) is 15.2. The van der Waals surface area contributed by atoms with Crippen LogP contribution in [0.25, 0.3) is 33.8 Å². The third-order valence-electron chi connectivity index (χ3n) is 5.03. The summed E-state index contributed by atoms with van der Waals surface area (Å²) < 4.78 is 1.46. The number of fused-ring (bicyclic) bond motifs is 2. The van der Waals surface area contributed by atoms with Gasteiger partial charge in [0, 0.05) is 27.3 Å². The lowest BCUT2D eigenvalue weighted by Crippen LogP contribution is -2.22. The van der Waals surface area contributed by atoms with Gasteiger partial charge in [0.05, 0.1) is 15.6 Å². The van der Waals surface area contributed by atoms with E-state index in [4.69, 9.17) is 9.97 Å². The molecule has 0 aliphatic carbocycles. The van der Waals surface area contributed by atoms with Crippen molar-refractivity contribution in [3.63, 3.8) is 0 Å². The summed E-state index contributed by atoms with van der Waals surface area (Å²) in [4.78, 5) is 23.7. The van der Waals surface area contributed by atoms with Crippen molar-refractivity contribution in [2.24, 2.45) is 0 Å². The minimum Gasteiger partial charge on any atom is -0.267 e. The van der Waals surface area contributed by atoms with Crippen LogP contribution in [0.3, 0.4) is 0 Å². The Bertz CT molecular complexity index is 1490. The number of aromatic nitrogens is 4. The molecule has 0 radical (unpaired) electrons. The first-order valence-corrected chi connectivity index (χ1v) is 12.9. The van der Waals surface area contributed by atoms with Crippen molar-refractivity contribution in [1.82, 2.24) is 19.6 Å². The van der Waals surface area contributed by atoms with Crippen LogP contribution in [0, 0.1) is 6.92 Å². The molecular formula is C23H20N4OS3. The maximum absolute atomic E-state index is 13.1. The van der Waals surface area contributed by atoms with Crippen LogP contribution in [0.4, 0.5) is 0 Å². The molecule has 4 heterocycles. The maximum atomic E-state index is 13.1. The van der Waals surface area contributed by atoms with E-state index >= 15 is 0 Å². The zero-order valence-corrected chi connectivity index (χ0v) is 19.6. The molecule has 0 saturated heterocycles. The van der Waals surface area contributed by atoms with Crippen LogP contribution < -0.4 is 10.8 Å². The monoisotopic (exact) mass is 464 g/mol. The van der Waals surface area contributed by atoms with Gasteiger partial charge in [0.2, 0.25) is 5.16 Å². The summed E-state index contributed by atoms with van der Waals surface area (Å²) in [7, 11) is 0. The lowest BCUT2D eigenvalue weighted by atomic mass is 10.1. The van der Waals surface area contributed by atoms with E-state index in [1.165, 1.54) is 4.52 Å². The Morgan fingerprint density at radius 1 is 1.16 bits per heavy atom. The molecule has 5 aromatic rings. The van der Waals surface area contributed by atoms with E-state index in [1.807, 2.05) is 31.2 Å². The van der Waals surface area contributed by atoms with E-state index in [-0.39, 0.29) is 5.56 Å². The molecule has 156 valence electrons. The lowest BCUT2D eigenvalue weighted by molar-refractivity contribution is 0.857. The molecule has 0 amide bonds. The summed E-state index contributed by atoms with van der Waals surface area (Å²) >= 11 is 4.91. The minimum absolute atomic E-state index is 0.129. The topological polar surface area (TPSA) is 60.2 Å². The molecule has 5 nitrogen and oxygen atoms in total. The van der Waals surface area contributed by atoms with Gasteiger partial charge >= 0.3 is 0 Å². The van der Waals surface area contributed by atoms with Crippen molar-refractivity contribution in [2.75, 3.05) is 5.75 Å². The number of unbranched alkanes of at least 4 members (excludes halogenated alkanes) is 1. The average Bonchev–Trinajstić information content (AvgIpc) is 3.51. The molecule has 8 heteroatoms. The molecule has 0 saturated carbocycles. The molecule has 31 heavy (non-hydrogen) atoms. The molecule has 0 fully saturated rings. The Balaban J connectivity index is 1.80. The molecule has 0 bridgehead atoms. The highest BCUT2D eigenvalue weighted by molar-refractivity contribution is 7.99. The standard InChI is InChI=1S/C23H20N4OS3/c1-3-4-10-30-23-25-21-18(16-7-5-6-8-17(16)22(28)27(21)26-23)12-19-20(24-14(2)31-19)15-9-11-29-13-15/h5-9,11-13H,3-4,10H2,1-2H3/b18-12-. The van der Waals surface area contributed by atoms with Gasteiger partial charge in [-0.05, 0) is 42.3 Å². The van der Waals surface area contributed by atoms with Crippen LogP contribution in [-0.2, 0) is 0 Å². The second-order valence-electron chi connectivity index (χ2n) is 7.20. The van der Waals surface area contributed by atoms with Crippen molar-refractivity contribution < 1.29 is 0 Å². The number of pyridine rings is 1. The van der Waals surface area contributed by atoms with Gasteiger partial charge in [-0.2, -0.15) is 15.9 Å². The zero-order chi connectivity index (χ0) is 21.4. The van der Waals surface area contributed by atoms with Crippen LogP contribution in [0.1, 0.15) is 29.7 Å². The predicted octanol–water partition coefficient (Wildman–Crippen LogP) is 5.18. The highest BCUT2D eigenvalue weighted by Gasteiger charge is 2.15. The molecule has 0 aliphatic heterocycles. The number of hydrogen-bond donors (Lipinski definition) is 0. The van der Waals surface area contributed by atoms with E-state index < -0.39 is 0 Å². The van der Waals surface area contributed by atoms with E-state index in [1.54, 1.807) is 34.4 Å². The van der Waals surface area contributed by atoms with Gasteiger partial charge < -0.3 is 0 Å². The van der Waals surface area contributed by atoms with Crippen LogP contribution in [-0.4, -0.2) is 25.3 Å². The van der Waals surface area contributed by atoms with Crippen molar-refractivity contribution in [1.29, 1.82) is 0 Å². The second-order valence-corrected chi connectivity index (χ2v) is 10.3. The van der Waals surface area contributed by atoms with Gasteiger partial charge in [0.25, 0.3) is 5.56 Å². The number of nitrogens with zero attached hydrogens (tertiary/aromatic N) is 4. The Morgan fingerprint density at radius 2 is 2.00 bits per heavy atom. The van der Waals surface area contributed by atoms with E-state index in [9.17, 15) is 4.79 Å². The number of thiazole rings is 1. The average molecular weight is 465 g/mol. The third-order valence-corrected chi connectivity index (χ3v) is 7.55. The number of thioether (sulfide) groups is 1. The highest BCUT2D eigenvalue weighted by Crippen LogP contribution is 2.30. The fourth-order valence-electron chi connectivity index (χ4n) is 3.54. The van der Waals surface area contributed by atoms with Gasteiger partial charge in [-0.3, -0.25) is 4.79 Å². The Kier molecular flexibility index (Phi) is 5.60. The van der Waals surface area contributed by atoms with Gasteiger partial charge in [-0.1, -0.05) is 43.3 Å². The summed E-state index contributed by atoms with van der Waals surface area (Å²) in [6.07, 6.45) is 4.33. The van der Waals surface area contributed by atoms with Crippen molar-refractivity contribution >= 4 is 56.9 Å². The molecule has 0 aliphatic rings. The second kappa shape index (κ2) is 8.53.